The van der Waals surface area contributed by atoms with Crippen LogP contribution in [0.2, 0.25) is 0 Å². The second-order valence-corrected chi connectivity index (χ2v) is 9.36. The Hall–Kier alpha value is -2.38. The Bertz CT molecular complexity index is 876. The number of nitrogens with one attached hydrogen (secondary N) is 2. The maximum atomic E-state index is 5.69. The van der Waals surface area contributed by atoms with Gasteiger partial charge in [-0.3, -0.25) is 9.89 Å². The maximum Gasteiger partial charge on any atom is 0.226 e. The smallest absolute Gasteiger partial charge is 0.226 e. The largest absolute Gasteiger partial charge is 0.444 e. The minimum absolute atomic E-state index is 0.219. The van der Waals surface area contributed by atoms with Crippen molar-refractivity contribution in [2.45, 2.75) is 51.1 Å². The maximum absolute atomic E-state index is 5.69. The molecule has 2 fully saturated rings. The van der Waals surface area contributed by atoms with Gasteiger partial charge < -0.3 is 20.0 Å². The zero-order valence-electron chi connectivity index (χ0n) is 19.9. The SMILES string of the molecule is CN=C(NCc1coc(-c2ccc(C)cc2)n1)NCC1(N2CCCCC2)CCN(C)CC1. The molecular weight excluding hydrogens is 400 g/mol. The molecule has 3 heterocycles. The highest BCUT2D eigenvalue weighted by Gasteiger charge is 2.39. The molecule has 7 heteroatoms. The Morgan fingerprint density at radius 1 is 1.06 bits per heavy atom. The third-order valence-electron chi connectivity index (χ3n) is 7.04. The molecule has 2 N–H and O–H groups in total. The molecule has 174 valence electrons. The van der Waals surface area contributed by atoms with Crippen LogP contribution in [0.4, 0.5) is 0 Å². The van der Waals surface area contributed by atoms with Crippen molar-refractivity contribution in [1.82, 2.24) is 25.4 Å². The number of aromatic nitrogens is 1. The van der Waals surface area contributed by atoms with Gasteiger partial charge in [0.2, 0.25) is 5.89 Å². The predicted octanol–water partition coefficient (Wildman–Crippen LogP) is 3.27. The molecule has 0 amide bonds. The van der Waals surface area contributed by atoms with Crippen LogP contribution >= 0.6 is 0 Å². The number of piperidine rings is 2. The molecule has 0 saturated carbocycles. The van der Waals surface area contributed by atoms with E-state index in [-0.39, 0.29) is 5.54 Å². The number of oxazole rings is 1. The highest BCUT2D eigenvalue weighted by molar-refractivity contribution is 5.79. The van der Waals surface area contributed by atoms with Crippen molar-refractivity contribution in [3.05, 3.63) is 41.8 Å². The zero-order valence-corrected chi connectivity index (χ0v) is 19.9. The summed E-state index contributed by atoms with van der Waals surface area (Å²) in [4.78, 5) is 14.3. The first kappa shape index (κ1) is 22.8. The summed E-state index contributed by atoms with van der Waals surface area (Å²) >= 11 is 0. The van der Waals surface area contributed by atoms with Crippen LogP contribution in [0, 0.1) is 6.92 Å². The number of guanidine groups is 1. The van der Waals surface area contributed by atoms with Gasteiger partial charge in [0, 0.05) is 24.7 Å². The topological polar surface area (TPSA) is 68.9 Å². The third kappa shape index (κ3) is 5.51. The number of hydrogen-bond acceptors (Lipinski definition) is 5. The van der Waals surface area contributed by atoms with E-state index in [1.807, 2.05) is 19.2 Å². The molecule has 0 spiro atoms. The van der Waals surface area contributed by atoms with Crippen LogP contribution in [-0.4, -0.2) is 73.1 Å². The number of aliphatic imine (C=N–C) groups is 1. The van der Waals surface area contributed by atoms with Gasteiger partial charge in [0.25, 0.3) is 0 Å². The van der Waals surface area contributed by atoms with Gasteiger partial charge in [-0.1, -0.05) is 24.1 Å². The molecule has 32 heavy (non-hydrogen) atoms. The fourth-order valence-corrected chi connectivity index (χ4v) is 4.87. The van der Waals surface area contributed by atoms with Crippen molar-refractivity contribution < 1.29 is 4.42 Å². The van der Waals surface area contributed by atoms with Crippen LogP contribution in [0.15, 0.2) is 39.9 Å². The Balaban J connectivity index is 1.34. The highest BCUT2D eigenvalue weighted by atomic mass is 16.3. The van der Waals surface area contributed by atoms with E-state index in [1.54, 1.807) is 6.26 Å². The lowest BCUT2D eigenvalue weighted by Crippen LogP contribution is -2.62. The predicted molar refractivity (Wildman–Crippen MR) is 130 cm³/mol. The Kier molecular flexibility index (Phi) is 7.48. The fourth-order valence-electron chi connectivity index (χ4n) is 4.87. The summed E-state index contributed by atoms with van der Waals surface area (Å²) in [6.45, 7) is 8.34. The lowest BCUT2D eigenvalue weighted by atomic mass is 9.84. The molecule has 2 aliphatic heterocycles. The number of hydrogen-bond donors (Lipinski definition) is 2. The molecule has 0 bridgehead atoms. The average Bonchev–Trinajstić information content (AvgIpc) is 3.30. The van der Waals surface area contributed by atoms with E-state index < -0.39 is 0 Å². The first-order valence-electron chi connectivity index (χ1n) is 12.0. The monoisotopic (exact) mass is 438 g/mol. The van der Waals surface area contributed by atoms with Crippen LogP contribution in [0.5, 0.6) is 0 Å². The van der Waals surface area contributed by atoms with E-state index in [0.29, 0.717) is 12.4 Å². The first-order valence-corrected chi connectivity index (χ1v) is 12.0. The van der Waals surface area contributed by atoms with Gasteiger partial charge in [-0.15, -0.1) is 0 Å². The fraction of sp³-hybridized carbons (Fsp3) is 0.600. The van der Waals surface area contributed by atoms with Gasteiger partial charge in [-0.05, 0) is 78.0 Å². The number of rotatable bonds is 6. The van der Waals surface area contributed by atoms with E-state index >= 15 is 0 Å². The normalized spacial score (nSPS) is 20.3. The molecule has 0 atom stereocenters. The van der Waals surface area contributed by atoms with E-state index in [9.17, 15) is 0 Å². The second kappa shape index (κ2) is 10.5. The van der Waals surface area contributed by atoms with Gasteiger partial charge >= 0.3 is 0 Å². The highest BCUT2D eigenvalue weighted by Crippen LogP contribution is 2.30. The van der Waals surface area contributed by atoms with E-state index in [1.165, 1.54) is 50.8 Å². The Morgan fingerprint density at radius 3 is 2.47 bits per heavy atom. The van der Waals surface area contributed by atoms with Crippen LogP contribution in [0.1, 0.15) is 43.4 Å². The van der Waals surface area contributed by atoms with Gasteiger partial charge in [0.05, 0.1) is 12.2 Å². The minimum Gasteiger partial charge on any atom is -0.444 e. The van der Waals surface area contributed by atoms with Crippen molar-refractivity contribution in [2.24, 2.45) is 4.99 Å². The zero-order chi connectivity index (χ0) is 22.4. The van der Waals surface area contributed by atoms with Gasteiger partial charge in [-0.2, -0.15) is 0 Å². The number of likely N-dealkylation sites (tertiary alicyclic amines) is 2. The van der Waals surface area contributed by atoms with Gasteiger partial charge in [-0.25, -0.2) is 4.98 Å². The molecule has 0 radical (unpaired) electrons. The lowest BCUT2D eigenvalue weighted by Gasteiger charge is -2.50. The molecule has 2 saturated heterocycles. The van der Waals surface area contributed by atoms with Crippen molar-refractivity contribution in [1.29, 1.82) is 0 Å². The lowest BCUT2D eigenvalue weighted by molar-refractivity contribution is 0.0173. The van der Waals surface area contributed by atoms with E-state index in [2.05, 4.69) is 56.5 Å². The molecule has 4 rings (SSSR count). The third-order valence-corrected chi connectivity index (χ3v) is 7.04. The van der Waals surface area contributed by atoms with Crippen molar-refractivity contribution in [2.75, 3.05) is 46.8 Å². The molecule has 2 aromatic rings. The quantitative estimate of drug-likeness (QED) is 0.533. The molecule has 2 aliphatic rings. The number of benzene rings is 1. The van der Waals surface area contributed by atoms with Crippen molar-refractivity contribution in [3.8, 4) is 11.5 Å². The van der Waals surface area contributed by atoms with Gasteiger partial charge in [0.15, 0.2) is 5.96 Å². The summed E-state index contributed by atoms with van der Waals surface area (Å²) in [5.74, 6) is 1.47. The van der Waals surface area contributed by atoms with E-state index in [0.717, 1.165) is 36.9 Å². The second-order valence-electron chi connectivity index (χ2n) is 9.36. The Labute approximate surface area is 192 Å². The average molecular weight is 439 g/mol. The molecule has 7 nitrogen and oxygen atoms in total. The summed E-state index contributed by atoms with van der Waals surface area (Å²) in [6.07, 6.45) is 8.14. The molecule has 0 aliphatic carbocycles. The number of nitrogens with zero attached hydrogens (tertiary/aromatic N) is 4. The van der Waals surface area contributed by atoms with Crippen LogP contribution in [0.25, 0.3) is 11.5 Å². The first-order chi connectivity index (χ1) is 15.6. The van der Waals surface area contributed by atoms with Crippen molar-refractivity contribution in [3.63, 3.8) is 0 Å². The minimum atomic E-state index is 0.219. The van der Waals surface area contributed by atoms with Crippen molar-refractivity contribution >= 4 is 5.96 Å². The van der Waals surface area contributed by atoms with Crippen LogP contribution < -0.4 is 10.6 Å². The molecule has 1 aromatic carbocycles. The van der Waals surface area contributed by atoms with E-state index in [4.69, 9.17) is 4.42 Å². The summed E-state index contributed by atoms with van der Waals surface area (Å²) < 4.78 is 5.69. The van der Waals surface area contributed by atoms with Crippen LogP contribution in [-0.2, 0) is 6.54 Å². The van der Waals surface area contributed by atoms with Gasteiger partial charge in [0.1, 0.15) is 6.26 Å². The molecule has 1 aromatic heterocycles. The molecule has 0 unspecified atom stereocenters. The summed E-state index contributed by atoms with van der Waals surface area (Å²) in [5.41, 5.74) is 3.31. The standard InChI is InChI=1S/C25H38N6O/c1-20-7-9-21(10-8-20)23-29-22(18-32-23)17-27-24(26-2)28-19-25(11-15-30(3)16-12-25)31-13-5-4-6-14-31/h7-10,18H,4-6,11-17,19H2,1-3H3,(H2,26,27,28). The molecular formula is C25H38N6O. The summed E-state index contributed by atoms with van der Waals surface area (Å²) in [6, 6.07) is 8.23. The summed E-state index contributed by atoms with van der Waals surface area (Å²) in [7, 11) is 4.06. The summed E-state index contributed by atoms with van der Waals surface area (Å²) in [5, 5.41) is 7.04. The Morgan fingerprint density at radius 2 is 1.78 bits per heavy atom. The van der Waals surface area contributed by atoms with Crippen LogP contribution in [0.3, 0.4) is 0 Å². The number of aryl methyl sites for hydroxylation is 1.